The number of hydrogen-bond donors (Lipinski definition) is 0. The molecule has 0 radical (unpaired) electrons. The van der Waals surface area contributed by atoms with E-state index in [4.69, 9.17) is 9.47 Å². The van der Waals surface area contributed by atoms with Gasteiger partial charge in [-0.2, -0.15) is 5.26 Å². The maximum absolute atomic E-state index is 9.49. The Morgan fingerprint density at radius 1 is 0.733 bits per heavy atom. The Balaban J connectivity index is 1.67. The highest BCUT2D eigenvalue weighted by molar-refractivity contribution is 7.00. The van der Waals surface area contributed by atoms with E-state index in [9.17, 15) is 5.26 Å². The van der Waals surface area contributed by atoms with Crippen molar-refractivity contribution in [3.8, 4) is 34.8 Å². The van der Waals surface area contributed by atoms with E-state index in [1.54, 1.807) is 0 Å². The number of fused-ring (bicyclic) bond motifs is 4. The molecule has 0 saturated carbocycles. The van der Waals surface area contributed by atoms with Gasteiger partial charge in [0.1, 0.15) is 23.0 Å². The topological polar surface area (TPSA) is 47.2 Å². The minimum absolute atomic E-state index is 0.0795. The summed E-state index contributed by atoms with van der Waals surface area (Å²) in [4.78, 5) is 0. The van der Waals surface area contributed by atoms with Crippen LogP contribution in [0.2, 0.25) is 0 Å². The van der Waals surface area contributed by atoms with Crippen molar-refractivity contribution in [2.75, 3.05) is 0 Å². The zero-order chi connectivity index (χ0) is 19.6. The molecule has 136 valence electrons. The fraction of sp³-hybridized carbons (Fsp3) is 0. The molecule has 30 heavy (non-hydrogen) atoms. The highest BCUT2D eigenvalue weighted by Crippen LogP contribution is 2.42. The van der Waals surface area contributed by atoms with Crippen LogP contribution >= 0.6 is 0 Å². The maximum atomic E-state index is 9.49. The summed E-state index contributed by atoms with van der Waals surface area (Å²) in [6, 6.07) is 24.7. The van der Waals surface area contributed by atoms with Crippen LogP contribution in [-0.2, 0) is 0 Å². The average molecular weight is 382 g/mol. The van der Waals surface area contributed by atoms with Gasteiger partial charge in [0.2, 0.25) is 0 Å². The first-order chi connectivity index (χ1) is 14.8. The monoisotopic (exact) mass is 382 g/mol. The molecule has 1 aromatic heterocycles. The third-order valence-corrected chi connectivity index (χ3v) is 6.67. The second kappa shape index (κ2) is 4.69. The molecule has 0 fully saturated rings. The Bertz CT molecular complexity index is 1660. The summed E-state index contributed by atoms with van der Waals surface area (Å²) in [5.41, 5.74) is 7.42. The lowest BCUT2D eigenvalue weighted by Crippen LogP contribution is -2.60. The molecular weight excluding hydrogens is 371 g/mol. The van der Waals surface area contributed by atoms with Gasteiger partial charge in [0.05, 0.1) is 22.7 Å². The van der Waals surface area contributed by atoms with Gasteiger partial charge in [-0.3, -0.25) is 0 Å². The summed E-state index contributed by atoms with van der Waals surface area (Å²) >= 11 is 0. The van der Waals surface area contributed by atoms with Crippen molar-refractivity contribution in [2.24, 2.45) is 0 Å². The van der Waals surface area contributed by atoms with Gasteiger partial charge in [0.15, 0.2) is 0 Å². The van der Waals surface area contributed by atoms with Gasteiger partial charge < -0.3 is 14.0 Å². The number of benzene rings is 4. The van der Waals surface area contributed by atoms with E-state index < -0.39 is 0 Å². The fourth-order valence-corrected chi connectivity index (χ4v) is 5.56. The van der Waals surface area contributed by atoms with Gasteiger partial charge in [-0.05, 0) is 59.5 Å². The van der Waals surface area contributed by atoms with Crippen LogP contribution in [0.25, 0.3) is 27.5 Å². The van der Waals surface area contributed by atoms with Crippen molar-refractivity contribution in [2.45, 2.75) is 0 Å². The Labute approximate surface area is 171 Å². The van der Waals surface area contributed by atoms with Crippen LogP contribution in [0, 0.1) is 11.3 Å². The summed E-state index contributed by atoms with van der Waals surface area (Å²) in [5, 5.41) is 11.8. The second-order valence-electron chi connectivity index (χ2n) is 8.05. The Morgan fingerprint density at radius 2 is 1.43 bits per heavy atom. The first kappa shape index (κ1) is 14.8. The lowest BCUT2D eigenvalue weighted by molar-refractivity contribution is 0.464. The van der Waals surface area contributed by atoms with E-state index in [1.165, 1.54) is 16.3 Å². The molecule has 0 bridgehead atoms. The lowest BCUT2D eigenvalue weighted by atomic mass is 9.33. The normalized spacial score (nSPS) is 13.8. The predicted octanol–water partition coefficient (Wildman–Crippen LogP) is 3.70. The van der Waals surface area contributed by atoms with E-state index in [1.807, 2.05) is 42.5 Å². The Hall–Kier alpha value is -4.17. The van der Waals surface area contributed by atoms with Gasteiger partial charge in [0, 0.05) is 21.9 Å². The van der Waals surface area contributed by atoms with Crippen LogP contribution in [0.5, 0.6) is 23.0 Å². The van der Waals surface area contributed by atoms with E-state index in [2.05, 4.69) is 34.9 Å². The molecule has 0 amide bonds. The first-order valence-electron chi connectivity index (χ1n) is 9.96. The molecule has 4 nitrogen and oxygen atoms in total. The quantitative estimate of drug-likeness (QED) is 0.376. The number of rotatable bonds is 0. The maximum Gasteiger partial charge on any atom is 0.266 e. The highest BCUT2D eigenvalue weighted by Gasteiger charge is 2.45. The van der Waals surface area contributed by atoms with Crippen LogP contribution in [0.15, 0.2) is 66.7 Å². The van der Waals surface area contributed by atoms with Crippen molar-refractivity contribution in [3.05, 3.63) is 72.3 Å². The SMILES string of the molecule is N#Cc1ccc2c3ccc4c5c3n(c2c1)-c1cccc2c1B5c1c(cccc1O4)O2. The van der Waals surface area contributed by atoms with Crippen LogP contribution in [-0.4, -0.2) is 11.3 Å². The van der Waals surface area contributed by atoms with Gasteiger partial charge in [0.25, 0.3) is 6.71 Å². The summed E-state index contributed by atoms with van der Waals surface area (Å²) in [5.74, 6) is 3.50. The highest BCUT2D eigenvalue weighted by atomic mass is 16.5. The van der Waals surface area contributed by atoms with E-state index >= 15 is 0 Å². The van der Waals surface area contributed by atoms with E-state index in [0.29, 0.717) is 5.56 Å². The molecule has 3 aliphatic heterocycles. The largest absolute Gasteiger partial charge is 0.458 e. The number of hydrogen-bond acceptors (Lipinski definition) is 3. The fourth-order valence-electron chi connectivity index (χ4n) is 5.56. The zero-order valence-corrected chi connectivity index (χ0v) is 15.6. The van der Waals surface area contributed by atoms with Crippen molar-refractivity contribution in [1.82, 2.24) is 4.57 Å². The first-order valence-corrected chi connectivity index (χ1v) is 9.96. The van der Waals surface area contributed by atoms with E-state index in [-0.39, 0.29) is 6.71 Å². The third-order valence-electron chi connectivity index (χ3n) is 6.67. The summed E-state index contributed by atoms with van der Waals surface area (Å²) in [6.07, 6.45) is 0. The number of aromatic nitrogens is 1. The molecule has 0 saturated heterocycles. The molecule has 5 aromatic rings. The molecule has 0 atom stereocenters. The number of ether oxygens (including phenoxy) is 2. The minimum atomic E-state index is 0.0795. The molecule has 5 heteroatoms. The number of nitriles is 1. The molecule has 0 unspecified atom stereocenters. The van der Waals surface area contributed by atoms with Gasteiger partial charge in [-0.15, -0.1) is 0 Å². The van der Waals surface area contributed by atoms with Gasteiger partial charge in [-0.1, -0.05) is 18.2 Å². The molecule has 4 aromatic carbocycles. The minimum Gasteiger partial charge on any atom is -0.458 e. The molecule has 3 aliphatic rings. The summed E-state index contributed by atoms with van der Waals surface area (Å²) < 4.78 is 15.0. The van der Waals surface area contributed by atoms with Crippen molar-refractivity contribution in [3.63, 3.8) is 0 Å². The molecule has 4 heterocycles. The second-order valence-corrected chi connectivity index (χ2v) is 8.05. The van der Waals surface area contributed by atoms with Gasteiger partial charge >= 0.3 is 0 Å². The Morgan fingerprint density at radius 3 is 2.23 bits per heavy atom. The van der Waals surface area contributed by atoms with Crippen LogP contribution in [0.4, 0.5) is 0 Å². The zero-order valence-electron chi connectivity index (χ0n) is 15.6. The number of nitrogens with zero attached hydrogens (tertiary/aromatic N) is 2. The summed E-state index contributed by atoms with van der Waals surface area (Å²) in [7, 11) is 0. The van der Waals surface area contributed by atoms with Crippen molar-refractivity contribution in [1.29, 1.82) is 5.26 Å². The van der Waals surface area contributed by atoms with Crippen molar-refractivity contribution < 1.29 is 9.47 Å². The third kappa shape index (κ3) is 1.47. The van der Waals surface area contributed by atoms with Crippen LogP contribution in [0.1, 0.15) is 5.56 Å². The molecule has 0 aliphatic carbocycles. The standard InChI is InChI=1S/C25H11BN2O2/c27-12-13-7-8-14-15-9-10-21-24-25(15)28(17(14)11-13)16-3-1-4-18-22(16)26(24)23-19(29-18)5-2-6-20(23)30-21/h1-11H. The van der Waals surface area contributed by atoms with Gasteiger partial charge in [-0.25, -0.2) is 0 Å². The Kier molecular flexibility index (Phi) is 2.31. The molecule has 8 rings (SSSR count). The van der Waals surface area contributed by atoms with E-state index in [0.717, 1.165) is 50.6 Å². The lowest BCUT2D eigenvalue weighted by Gasteiger charge is -2.37. The molecular formula is C25H11BN2O2. The molecule has 0 spiro atoms. The smallest absolute Gasteiger partial charge is 0.266 e. The summed E-state index contributed by atoms with van der Waals surface area (Å²) in [6.45, 7) is 0.0795. The predicted molar refractivity (Wildman–Crippen MR) is 117 cm³/mol. The molecule has 0 N–H and O–H groups in total. The van der Waals surface area contributed by atoms with Crippen LogP contribution < -0.4 is 25.9 Å². The van der Waals surface area contributed by atoms with Crippen molar-refractivity contribution >= 4 is 44.9 Å². The van der Waals surface area contributed by atoms with Crippen LogP contribution in [0.3, 0.4) is 0 Å². The average Bonchev–Trinajstić information content (AvgIpc) is 3.12.